The molecule has 5 heteroatoms. The van der Waals surface area contributed by atoms with Gasteiger partial charge in [-0.15, -0.1) is 0 Å². The Hall–Kier alpha value is -2.30. The van der Waals surface area contributed by atoms with Gasteiger partial charge in [0.1, 0.15) is 5.76 Å². The van der Waals surface area contributed by atoms with E-state index in [1.165, 1.54) is 11.1 Å². The van der Waals surface area contributed by atoms with E-state index in [0.29, 0.717) is 17.6 Å². The molecule has 23 heavy (non-hydrogen) atoms. The van der Waals surface area contributed by atoms with Gasteiger partial charge in [-0.1, -0.05) is 29.4 Å². The van der Waals surface area contributed by atoms with Crippen LogP contribution in [-0.4, -0.2) is 22.1 Å². The Balaban J connectivity index is 1.60. The molecule has 4 rings (SSSR count). The molecule has 1 aromatic carbocycles. The topological polar surface area (TPSA) is 58.4 Å². The molecule has 2 aliphatic carbocycles. The van der Waals surface area contributed by atoms with Crippen LogP contribution in [-0.2, 0) is 6.42 Å². The molecule has 2 aliphatic rings. The van der Waals surface area contributed by atoms with E-state index in [2.05, 4.69) is 34.7 Å². The lowest BCUT2D eigenvalue weighted by Crippen LogP contribution is -2.41. The number of aryl methyl sites for hydroxylation is 2. The highest BCUT2D eigenvalue weighted by Crippen LogP contribution is 2.41. The fraction of sp³-hybridized carbons (Fsp3) is 0.444. The van der Waals surface area contributed by atoms with Gasteiger partial charge in [0.15, 0.2) is 5.82 Å². The zero-order chi connectivity index (χ0) is 15.8. The number of aromatic nitrogens is 1. The van der Waals surface area contributed by atoms with Crippen LogP contribution in [0.3, 0.4) is 0 Å². The van der Waals surface area contributed by atoms with Crippen molar-refractivity contribution in [3.63, 3.8) is 0 Å². The lowest BCUT2D eigenvalue weighted by Gasteiger charge is -2.36. The van der Waals surface area contributed by atoms with Gasteiger partial charge in [-0.05, 0) is 50.2 Å². The van der Waals surface area contributed by atoms with Gasteiger partial charge in [-0.3, -0.25) is 5.32 Å². The SMILES string of the molecule is Cc1cc(NC(=O)N(C2CC2)[C@H]2CCCc3ccccc32)no1. The number of urea groups is 1. The Morgan fingerprint density at radius 1 is 1.30 bits per heavy atom. The lowest BCUT2D eigenvalue weighted by molar-refractivity contribution is 0.174. The van der Waals surface area contributed by atoms with E-state index in [-0.39, 0.29) is 12.1 Å². The van der Waals surface area contributed by atoms with Crippen LogP contribution in [0.25, 0.3) is 0 Å². The van der Waals surface area contributed by atoms with E-state index >= 15 is 0 Å². The van der Waals surface area contributed by atoms with Crippen LogP contribution in [0, 0.1) is 6.92 Å². The number of rotatable bonds is 3. The van der Waals surface area contributed by atoms with Crippen molar-refractivity contribution in [1.29, 1.82) is 0 Å². The fourth-order valence-corrected chi connectivity index (χ4v) is 3.53. The van der Waals surface area contributed by atoms with Crippen molar-refractivity contribution in [2.45, 2.75) is 51.1 Å². The number of carbonyl (C=O) groups excluding carboxylic acids is 1. The third-order valence-electron chi connectivity index (χ3n) is 4.71. The number of fused-ring (bicyclic) bond motifs is 1. The van der Waals surface area contributed by atoms with Crippen molar-refractivity contribution in [2.24, 2.45) is 0 Å². The summed E-state index contributed by atoms with van der Waals surface area (Å²) in [4.78, 5) is 14.9. The molecule has 0 bridgehead atoms. The molecule has 0 spiro atoms. The smallest absolute Gasteiger partial charge is 0.323 e. The molecule has 0 aliphatic heterocycles. The van der Waals surface area contributed by atoms with Crippen LogP contribution >= 0.6 is 0 Å². The molecular formula is C18H21N3O2. The predicted octanol–water partition coefficient (Wildman–Crippen LogP) is 4.06. The number of hydrogen-bond acceptors (Lipinski definition) is 3. The van der Waals surface area contributed by atoms with Crippen molar-refractivity contribution in [3.8, 4) is 0 Å². The summed E-state index contributed by atoms with van der Waals surface area (Å²) in [7, 11) is 0. The van der Waals surface area contributed by atoms with Crippen molar-refractivity contribution in [1.82, 2.24) is 10.1 Å². The van der Waals surface area contributed by atoms with E-state index in [1.54, 1.807) is 6.07 Å². The molecule has 1 saturated carbocycles. The third-order valence-corrected chi connectivity index (χ3v) is 4.71. The van der Waals surface area contributed by atoms with E-state index in [1.807, 2.05) is 11.8 Å². The zero-order valence-corrected chi connectivity index (χ0v) is 13.3. The van der Waals surface area contributed by atoms with E-state index in [4.69, 9.17) is 4.52 Å². The monoisotopic (exact) mass is 311 g/mol. The number of carbonyl (C=O) groups is 1. The number of nitrogens with zero attached hydrogens (tertiary/aromatic N) is 2. The van der Waals surface area contributed by atoms with Gasteiger partial charge < -0.3 is 9.42 Å². The van der Waals surface area contributed by atoms with Crippen LogP contribution in [0.1, 0.15) is 48.6 Å². The van der Waals surface area contributed by atoms with Gasteiger partial charge in [0, 0.05) is 12.1 Å². The Labute approximate surface area is 135 Å². The number of amides is 2. The molecule has 2 amide bonds. The van der Waals surface area contributed by atoms with Gasteiger partial charge in [0.25, 0.3) is 0 Å². The molecule has 1 aromatic heterocycles. The average Bonchev–Trinajstić information content (AvgIpc) is 3.30. The first-order valence-corrected chi connectivity index (χ1v) is 8.33. The molecular weight excluding hydrogens is 290 g/mol. The second-order valence-electron chi connectivity index (χ2n) is 6.50. The van der Waals surface area contributed by atoms with Gasteiger partial charge >= 0.3 is 6.03 Å². The Morgan fingerprint density at radius 3 is 2.87 bits per heavy atom. The summed E-state index contributed by atoms with van der Waals surface area (Å²) < 4.78 is 5.04. The summed E-state index contributed by atoms with van der Waals surface area (Å²) in [6.45, 7) is 1.82. The molecule has 0 unspecified atom stereocenters. The summed E-state index contributed by atoms with van der Waals surface area (Å²) >= 11 is 0. The number of anilines is 1. The van der Waals surface area contributed by atoms with Crippen molar-refractivity contribution >= 4 is 11.8 Å². The molecule has 0 radical (unpaired) electrons. The van der Waals surface area contributed by atoms with E-state index in [9.17, 15) is 4.79 Å². The summed E-state index contributed by atoms with van der Waals surface area (Å²) in [6, 6.07) is 10.7. The average molecular weight is 311 g/mol. The van der Waals surface area contributed by atoms with Crippen LogP contribution in [0.2, 0.25) is 0 Å². The van der Waals surface area contributed by atoms with Crippen molar-refractivity contribution < 1.29 is 9.32 Å². The molecule has 0 saturated heterocycles. The van der Waals surface area contributed by atoms with Gasteiger partial charge in [-0.25, -0.2) is 4.79 Å². The number of benzene rings is 1. The highest BCUT2D eigenvalue weighted by atomic mass is 16.5. The molecule has 120 valence electrons. The van der Waals surface area contributed by atoms with Gasteiger partial charge in [0.05, 0.1) is 6.04 Å². The second kappa shape index (κ2) is 5.72. The highest BCUT2D eigenvalue weighted by molar-refractivity contribution is 5.89. The maximum Gasteiger partial charge on any atom is 0.323 e. The largest absolute Gasteiger partial charge is 0.360 e. The first kappa shape index (κ1) is 14.3. The number of nitrogens with one attached hydrogen (secondary N) is 1. The van der Waals surface area contributed by atoms with Crippen molar-refractivity contribution in [2.75, 3.05) is 5.32 Å². The Morgan fingerprint density at radius 2 is 2.13 bits per heavy atom. The first-order valence-electron chi connectivity index (χ1n) is 8.33. The van der Waals surface area contributed by atoms with Crippen LogP contribution in [0.5, 0.6) is 0 Å². The minimum atomic E-state index is -0.0671. The van der Waals surface area contributed by atoms with Crippen LogP contribution in [0.15, 0.2) is 34.9 Å². The standard InChI is InChI=1S/C18H21N3O2/c1-12-11-17(20-23-12)19-18(22)21(14-9-10-14)16-8-4-6-13-5-2-3-7-15(13)16/h2-3,5,7,11,14,16H,4,6,8-10H2,1H3,(H,19,20,22)/t16-/m0/s1. The molecule has 1 N–H and O–H groups in total. The molecule has 1 atom stereocenters. The minimum absolute atomic E-state index is 0.0671. The summed E-state index contributed by atoms with van der Waals surface area (Å²) in [5, 5.41) is 6.77. The molecule has 1 fully saturated rings. The maximum absolute atomic E-state index is 12.8. The summed E-state index contributed by atoms with van der Waals surface area (Å²) in [5.74, 6) is 1.18. The van der Waals surface area contributed by atoms with Crippen LogP contribution in [0.4, 0.5) is 10.6 Å². The third kappa shape index (κ3) is 2.83. The van der Waals surface area contributed by atoms with Gasteiger partial charge in [0.2, 0.25) is 0 Å². The highest BCUT2D eigenvalue weighted by Gasteiger charge is 2.39. The second-order valence-corrected chi connectivity index (χ2v) is 6.50. The molecule has 5 nitrogen and oxygen atoms in total. The van der Waals surface area contributed by atoms with Crippen molar-refractivity contribution in [3.05, 3.63) is 47.2 Å². The van der Waals surface area contributed by atoms with Crippen LogP contribution < -0.4 is 5.32 Å². The Bertz CT molecular complexity index is 721. The van der Waals surface area contributed by atoms with E-state index in [0.717, 1.165) is 32.1 Å². The van der Waals surface area contributed by atoms with Gasteiger partial charge in [-0.2, -0.15) is 0 Å². The molecule has 1 heterocycles. The van der Waals surface area contributed by atoms with E-state index < -0.39 is 0 Å². The summed E-state index contributed by atoms with van der Waals surface area (Å²) in [5.41, 5.74) is 2.68. The number of hydrogen-bond donors (Lipinski definition) is 1. The first-order chi connectivity index (χ1) is 11.2. The summed E-state index contributed by atoms with van der Waals surface area (Å²) in [6.07, 6.45) is 5.43. The Kier molecular flexibility index (Phi) is 3.56. The predicted molar refractivity (Wildman–Crippen MR) is 87.2 cm³/mol. The minimum Gasteiger partial charge on any atom is -0.360 e. The normalized spacial score (nSPS) is 20.0. The zero-order valence-electron chi connectivity index (χ0n) is 13.3. The quantitative estimate of drug-likeness (QED) is 0.930. The molecule has 2 aromatic rings. The lowest BCUT2D eigenvalue weighted by atomic mass is 9.87. The maximum atomic E-state index is 12.8. The fourth-order valence-electron chi connectivity index (χ4n) is 3.53.